The van der Waals surface area contributed by atoms with Crippen molar-refractivity contribution in [3.63, 3.8) is 0 Å². The van der Waals surface area contributed by atoms with Gasteiger partial charge in [-0.2, -0.15) is 0 Å². The number of carbonyl (C=O) groups excluding carboxylic acids is 4. The highest BCUT2D eigenvalue weighted by molar-refractivity contribution is 5.76. The van der Waals surface area contributed by atoms with Gasteiger partial charge in [-0.3, -0.25) is 4.79 Å². The van der Waals surface area contributed by atoms with Crippen molar-refractivity contribution in [1.82, 2.24) is 0 Å². The Morgan fingerprint density at radius 1 is 0.714 bits per heavy atom. The molecule has 12 nitrogen and oxygen atoms in total. The van der Waals surface area contributed by atoms with Crippen molar-refractivity contribution in [3.05, 3.63) is 23.8 Å². The Kier molecular flexibility index (Phi) is 17.0. The predicted octanol–water partition coefficient (Wildman–Crippen LogP) is 5.95. The zero-order valence-electron chi connectivity index (χ0n) is 25.8. The van der Waals surface area contributed by atoms with E-state index in [1.807, 2.05) is 34.6 Å². The maximum absolute atomic E-state index is 12.6. The highest BCUT2D eigenvalue weighted by Gasteiger charge is 2.23. The average Bonchev–Trinajstić information content (AvgIpc) is 2.94. The van der Waals surface area contributed by atoms with Gasteiger partial charge in [0.05, 0.1) is 13.2 Å². The molecule has 0 fully saturated rings. The van der Waals surface area contributed by atoms with Gasteiger partial charge in [0.25, 0.3) is 0 Å². The highest BCUT2D eigenvalue weighted by atomic mass is 16.7. The van der Waals surface area contributed by atoms with E-state index in [2.05, 4.69) is 0 Å². The van der Waals surface area contributed by atoms with Crippen LogP contribution >= 0.6 is 0 Å². The Morgan fingerprint density at radius 3 is 1.81 bits per heavy atom. The second kappa shape index (κ2) is 19.6. The van der Waals surface area contributed by atoms with E-state index in [0.717, 1.165) is 19.3 Å². The first-order valence-corrected chi connectivity index (χ1v) is 14.5. The molecule has 5 atom stereocenters. The summed E-state index contributed by atoms with van der Waals surface area (Å²) in [5.41, 5.74) is 6.54. The van der Waals surface area contributed by atoms with Crippen LogP contribution in [0, 0.1) is 11.8 Å². The lowest BCUT2D eigenvalue weighted by atomic mass is 10.1. The van der Waals surface area contributed by atoms with Gasteiger partial charge < -0.3 is 38.9 Å². The summed E-state index contributed by atoms with van der Waals surface area (Å²) in [5, 5.41) is 0. The van der Waals surface area contributed by atoms with E-state index in [-0.39, 0.29) is 55.7 Å². The summed E-state index contributed by atoms with van der Waals surface area (Å²) in [6, 6.07) is 3.27. The van der Waals surface area contributed by atoms with Gasteiger partial charge in [-0.05, 0) is 56.2 Å². The molecule has 0 aromatic heterocycles. The lowest BCUT2D eigenvalue weighted by Crippen LogP contribution is -2.37. The molecule has 42 heavy (non-hydrogen) atoms. The fourth-order valence-electron chi connectivity index (χ4n) is 3.24. The van der Waals surface area contributed by atoms with Crippen LogP contribution in [-0.2, 0) is 34.9 Å². The molecular formula is C30H47NO11. The fraction of sp³-hybridized carbons (Fsp3) is 0.667. The van der Waals surface area contributed by atoms with Crippen molar-refractivity contribution >= 4 is 24.4 Å². The maximum atomic E-state index is 12.6. The molecule has 0 bridgehead atoms. The molecular weight excluding hydrogens is 550 g/mol. The number of esters is 1. The Hall–Kier alpha value is -3.54. The minimum atomic E-state index is -1.10. The van der Waals surface area contributed by atoms with E-state index in [4.69, 9.17) is 38.9 Å². The predicted molar refractivity (Wildman–Crippen MR) is 153 cm³/mol. The molecule has 0 heterocycles. The monoisotopic (exact) mass is 597 g/mol. The van der Waals surface area contributed by atoms with Gasteiger partial charge in [0.1, 0.15) is 24.9 Å². The first kappa shape index (κ1) is 36.5. The number of hydrogen-bond donors (Lipinski definition) is 1. The third-order valence-electron chi connectivity index (χ3n) is 6.26. The highest BCUT2D eigenvalue weighted by Crippen LogP contribution is 2.30. The number of ether oxygens (including phenoxy) is 7. The molecule has 1 aromatic rings. The standard InChI is InChI=1S/C30H47NO11/c1-8-11-21(6)40-28(33)38-18-22(7)39-27(32)24(31)14-23-12-13-25(41-29(34)36-16-19(4)9-2)26(15-23)42-30(35)37-17-20(5)10-3/h12-13,15,19-22,24H,8-11,14,16-18,31H2,1-7H3/t19?,20?,21?,22-,24-/m0/s1. The summed E-state index contributed by atoms with van der Waals surface area (Å²) in [4.78, 5) is 48.9. The summed E-state index contributed by atoms with van der Waals surface area (Å²) in [6.45, 7) is 13.2. The Bertz CT molecular complexity index is 999. The molecule has 0 radical (unpaired) electrons. The molecule has 0 saturated carbocycles. The summed E-state index contributed by atoms with van der Waals surface area (Å²) >= 11 is 0. The molecule has 0 spiro atoms. The van der Waals surface area contributed by atoms with Gasteiger partial charge in [0, 0.05) is 0 Å². The minimum absolute atomic E-state index is 0.00000213. The lowest BCUT2D eigenvalue weighted by Gasteiger charge is -2.18. The SMILES string of the molecule is CCCC(C)OC(=O)OC[C@H](C)OC(=O)[C@@H](N)Cc1ccc(OC(=O)OCC(C)CC)c(OC(=O)OCC(C)CC)c1. The fourth-order valence-corrected chi connectivity index (χ4v) is 3.24. The van der Waals surface area contributed by atoms with Crippen molar-refractivity contribution in [3.8, 4) is 11.5 Å². The zero-order valence-corrected chi connectivity index (χ0v) is 25.8. The second-order valence-corrected chi connectivity index (χ2v) is 10.5. The summed E-state index contributed by atoms with van der Waals surface area (Å²) < 4.78 is 36.3. The van der Waals surface area contributed by atoms with Gasteiger partial charge in [-0.25, -0.2) is 14.4 Å². The van der Waals surface area contributed by atoms with Crippen LogP contribution in [0.5, 0.6) is 11.5 Å². The number of nitrogens with two attached hydrogens (primary N) is 1. The van der Waals surface area contributed by atoms with E-state index in [9.17, 15) is 19.2 Å². The van der Waals surface area contributed by atoms with E-state index >= 15 is 0 Å². The Balaban J connectivity index is 2.85. The van der Waals surface area contributed by atoms with Crippen molar-refractivity contribution in [2.24, 2.45) is 17.6 Å². The third kappa shape index (κ3) is 14.9. The molecule has 3 unspecified atom stereocenters. The van der Waals surface area contributed by atoms with Gasteiger partial charge in [0.2, 0.25) is 0 Å². The molecule has 1 aromatic carbocycles. The molecule has 0 aliphatic rings. The van der Waals surface area contributed by atoms with Crippen LogP contribution in [0.2, 0.25) is 0 Å². The quantitative estimate of drug-likeness (QED) is 0.128. The van der Waals surface area contributed by atoms with Gasteiger partial charge in [-0.15, -0.1) is 0 Å². The molecule has 238 valence electrons. The molecule has 1 rings (SSSR count). The van der Waals surface area contributed by atoms with Crippen LogP contribution < -0.4 is 15.2 Å². The number of benzene rings is 1. The summed E-state index contributed by atoms with van der Waals surface area (Å²) in [6.07, 6.45) is -0.647. The van der Waals surface area contributed by atoms with Gasteiger partial charge in [0.15, 0.2) is 11.5 Å². The number of rotatable bonds is 17. The van der Waals surface area contributed by atoms with Crippen molar-refractivity contribution < 1.29 is 52.3 Å². The number of hydrogen-bond acceptors (Lipinski definition) is 12. The molecule has 0 aliphatic carbocycles. The van der Waals surface area contributed by atoms with Crippen LogP contribution in [0.3, 0.4) is 0 Å². The van der Waals surface area contributed by atoms with Crippen molar-refractivity contribution in [2.45, 2.75) is 98.8 Å². The average molecular weight is 598 g/mol. The zero-order chi connectivity index (χ0) is 31.7. The lowest BCUT2D eigenvalue weighted by molar-refractivity contribution is -0.152. The topological polar surface area (TPSA) is 159 Å². The molecule has 0 amide bonds. The van der Waals surface area contributed by atoms with E-state index in [1.165, 1.54) is 12.1 Å². The normalized spacial score (nSPS) is 14.4. The summed E-state index contributed by atoms with van der Waals surface area (Å²) in [5.74, 6) is -0.647. The largest absolute Gasteiger partial charge is 0.513 e. The molecule has 2 N–H and O–H groups in total. The minimum Gasteiger partial charge on any atom is -0.458 e. The van der Waals surface area contributed by atoms with Crippen LogP contribution in [0.15, 0.2) is 18.2 Å². The summed E-state index contributed by atoms with van der Waals surface area (Å²) in [7, 11) is 0. The molecule has 0 saturated heterocycles. The second-order valence-electron chi connectivity index (χ2n) is 10.5. The van der Waals surface area contributed by atoms with Crippen molar-refractivity contribution in [2.75, 3.05) is 19.8 Å². The van der Waals surface area contributed by atoms with E-state index in [1.54, 1.807) is 19.9 Å². The first-order chi connectivity index (χ1) is 19.9. The van der Waals surface area contributed by atoms with Gasteiger partial charge >= 0.3 is 24.4 Å². The van der Waals surface area contributed by atoms with Crippen LogP contribution in [-0.4, -0.2) is 62.5 Å². The third-order valence-corrected chi connectivity index (χ3v) is 6.26. The van der Waals surface area contributed by atoms with Gasteiger partial charge in [-0.1, -0.05) is 59.9 Å². The first-order valence-electron chi connectivity index (χ1n) is 14.5. The van der Waals surface area contributed by atoms with Crippen LogP contribution in [0.4, 0.5) is 14.4 Å². The smallest absolute Gasteiger partial charge is 0.458 e. The van der Waals surface area contributed by atoms with Crippen molar-refractivity contribution in [1.29, 1.82) is 0 Å². The maximum Gasteiger partial charge on any atom is 0.513 e. The molecule has 12 heteroatoms. The van der Waals surface area contributed by atoms with Crippen LogP contribution in [0.1, 0.15) is 79.7 Å². The Labute approximate surface area is 248 Å². The van der Waals surface area contributed by atoms with Crippen LogP contribution in [0.25, 0.3) is 0 Å². The number of carbonyl (C=O) groups is 4. The Morgan fingerprint density at radius 2 is 1.26 bits per heavy atom. The van der Waals surface area contributed by atoms with E-state index in [0.29, 0.717) is 12.0 Å². The van der Waals surface area contributed by atoms with E-state index < -0.39 is 36.6 Å². The molecule has 0 aliphatic heterocycles.